The molecule has 1 radical (unpaired) electrons. The molecule has 4 heteroatoms. The fourth-order valence-electron chi connectivity index (χ4n) is 1.26. The molecule has 71 valence electrons. The minimum absolute atomic E-state index is 0.647. The Morgan fingerprint density at radius 1 is 1.14 bits per heavy atom. The van der Waals surface area contributed by atoms with Crippen molar-refractivity contribution in [2.24, 2.45) is 0 Å². The molecule has 0 aliphatic rings. The third-order valence-electron chi connectivity index (χ3n) is 1.95. The second-order valence-electron chi connectivity index (χ2n) is 2.71. The summed E-state index contributed by atoms with van der Waals surface area (Å²) in [4.78, 5) is 0. The summed E-state index contributed by atoms with van der Waals surface area (Å²) in [7, 11) is 3.18. The Morgan fingerprint density at radius 2 is 1.86 bits per heavy atom. The first-order valence-electron chi connectivity index (χ1n) is 4.10. The van der Waals surface area contributed by atoms with Gasteiger partial charge < -0.3 is 9.47 Å². The van der Waals surface area contributed by atoms with Gasteiger partial charge >= 0.3 is 0 Å². The van der Waals surface area contributed by atoms with Gasteiger partial charge in [-0.2, -0.15) is 10.2 Å². The highest BCUT2D eigenvalue weighted by Crippen LogP contribution is 2.30. The van der Waals surface area contributed by atoms with Crippen LogP contribution in [0.1, 0.15) is 0 Å². The first-order valence-corrected chi connectivity index (χ1v) is 4.10. The Morgan fingerprint density at radius 3 is 2.57 bits per heavy atom. The van der Waals surface area contributed by atoms with Crippen LogP contribution in [-0.2, 0) is 0 Å². The maximum atomic E-state index is 5.15. The van der Waals surface area contributed by atoms with Crippen molar-refractivity contribution in [2.45, 2.75) is 0 Å². The third kappa shape index (κ3) is 1.35. The predicted molar refractivity (Wildman–Crippen MR) is 51.5 cm³/mol. The summed E-state index contributed by atoms with van der Waals surface area (Å²) in [6.07, 6.45) is 1.52. The number of rotatable bonds is 2. The number of fused-ring (bicyclic) bond motifs is 1. The average Bonchev–Trinajstić information content (AvgIpc) is 2.27. The molecule has 0 atom stereocenters. The number of benzene rings is 1. The van der Waals surface area contributed by atoms with Crippen LogP contribution < -0.4 is 9.47 Å². The summed E-state index contributed by atoms with van der Waals surface area (Å²) in [6, 6.07) is 6.57. The zero-order chi connectivity index (χ0) is 9.97. The summed E-state index contributed by atoms with van der Waals surface area (Å²) in [5, 5.41) is 8.55. The monoisotopic (exact) mass is 189 g/mol. The van der Waals surface area contributed by atoms with E-state index in [1.165, 1.54) is 6.20 Å². The van der Waals surface area contributed by atoms with Crippen molar-refractivity contribution in [1.82, 2.24) is 10.2 Å². The molecule has 0 fully saturated rings. The van der Waals surface area contributed by atoms with E-state index in [9.17, 15) is 0 Å². The maximum Gasteiger partial charge on any atom is 0.162 e. The molecule has 0 N–H and O–H groups in total. The smallest absolute Gasteiger partial charge is 0.162 e. The largest absolute Gasteiger partial charge is 0.493 e. The third-order valence-corrected chi connectivity index (χ3v) is 1.95. The van der Waals surface area contributed by atoms with Gasteiger partial charge in [0.25, 0.3) is 0 Å². The van der Waals surface area contributed by atoms with E-state index in [2.05, 4.69) is 16.3 Å². The molecule has 0 aliphatic heterocycles. The molecule has 0 spiro atoms. The maximum absolute atomic E-state index is 5.15. The second-order valence-corrected chi connectivity index (χ2v) is 2.71. The van der Waals surface area contributed by atoms with E-state index in [0.29, 0.717) is 11.5 Å². The molecule has 2 aromatic rings. The van der Waals surface area contributed by atoms with Crippen LogP contribution in [0, 0.1) is 6.07 Å². The van der Waals surface area contributed by atoms with Crippen molar-refractivity contribution in [3.05, 3.63) is 24.4 Å². The van der Waals surface area contributed by atoms with E-state index in [1.54, 1.807) is 20.3 Å². The first kappa shape index (κ1) is 8.74. The standard InChI is InChI=1S/C10H9N2O2/c1-13-9-5-7-3-4-11-12-8(7)6-10(9)14-2/h4-6H,1-2H3. The Balaban J connectivity index is 2.69. The van der Waals surface area contributed by atoms with Crippen molar-refractivity contribution in [1.29, 1.82) is 0 Å². The normalized spacial score (nSPS) is 10.1. The van der Waals surface area contributed by atoms with Crippen LogP contribution in [0.3, 0.4) is 0 Å². The van der Waals surface area contributed by atoms with Gasteiger partial charge in [-0.3, -0.25) is 0 Å². The Hall–Kier alpha value is -1.84. The summed E-state index contributed by atoms with van der Waals surface area (Å²) >= 11 is 0. The van der Waals surface area contributed by atoms with E-state index in [0.717, 1.165) is 10.9 Å². The number of methoxy groups -OCH3 is 2. The van der Waals surface area contributed by atoms with Crippen LogP contribution in [0.15, 0.2) is 18.3 Å². The summed E-state index contributed by atoms with van der Waals surface area (Å²) in [5.74, 6) is 1.32. The molecule has 0 amide bonds. The fraction of sp³-hybridized carbons (Fsp3) is 0.200. The summed E-state index contributed by atoms with van der Waals surface area (Å²) in [5.41, 5.74) is 0.741. The van der Waals surface area contributed by atoms with Gasteiger partial charge in [0.2, 0.25) is 0 Å². The molecular weight excluding hydrogens is 180 g/mol. The van der Waals surface area contributed by atoms with Gasteiger partial charge in [0.05, 0.1) is 25.9 Å². The number of nitrogens with zero attached hydrogens (tertiary/aromatic N) is 2. The van der Waals surface area contributed by atoms with E-state index in [4.69, 9.17) is 9.47 Å². The number of hydrogen-bond acceptors (Lipinski definition) is 4. The summed E-state index contributed by atoms with van der Waals surface area (Å²) in [6.45, 7) is 0. The van der Waals surface area contributed by atoms with Crippen molar-refractivity contribution >= 4 is 10.9 Å². The van der Waals surface area contributed by atoms with Crippen LogP contribution in [-0.4, -0.2) is 24.4 Å². The lowest BCUT2D eigenvalue weighted by molar-refractivity contribution is 0.355. The lowest BCUT2D eigenvalue weighted by atomic mass is 10.2. The van der Waals surface area contributed by atoms with Gasteiger partial charge in [0, 0.05) is 17.5 Å². The van der Waals surface area contributed by atoms with E-state index < -0.39 is 0 Å². The second kappa shape index (κ2) is 3.49. The molecule has 0 bridgehead atoms. The Kier molecular flexibility index (Phi) is 2.18. The van der Waals surface area contributed by atoms with Gasteiger partial charge in [-0.1, -0.05) is 0 Å². The molecule has 2 rings (SSSR count). The van der Waals surface area contributed by atoms with E-state index >= 15 is 0 Å². The Labute approximate surface area is 81.5 Å². The SMILES string of the molecule is COc1cc2[c]cnnc2cc1OC. The zero-order valence-corrected chi connectivity index (χ0v) is 7.94. The molecule has 0 aliphatic carbocycles. The fourth-order valence-corrected chi connectivity index (χ4v) is 1.26. The number of ether oxygens (including phenoxy) is 2. The van der Waals surface area contributed by atoms with Crippen molar-refractivity contribution < 1.29 is 9.47 Å². The van der Waals surface area contributed by atoms with Crippen molar-refractivity contribution in [3.8, 4) is 11.5 Å². The topological polar surface area (TPSA) is 44.2 Å². The van der Waals surface area contributed by atoms with Crippen LogP contribution >= 0.6 is 0 Å². The highest BCUT2D eigenvalue weighted by molar-refractivity contribution is 5.81. The van der Waals surface area contributed by atoms with Crippen molar-refractivity contribution in [2.75, 3.05) is 14.2 Å². The molecule has 1 heterocycles. The molecule has 1 aromatic heterocycles. The van der Waals surface area contributed by atoms with Gasteiger partial charge in [0.1, 0.15) is 0 Å². The van der Waals surface area contributed by atoms with Gasteiger partial charge in [0.15, 0.2) is 11.5 Å². The Bertz CT molecular complexity index is 414. The summed E-state index contributed by atoms with van der Waals surface area (Å²) < 4.78 is 10.3. The quantitative estimate of drug-likeness (QED) is 0.717. The minimum Gasteiger partial charge on any atom is -0.493 e. The van der Waals surface area contributed by atoms with Gasteiger partial charge in [-0.15, -0.1) is 0 Å². The molecule has 4 nitrogen and oxygen atoms in total. The molecule has 0 unspecified atom stereocenters. The van der Waals surface area contributed by atoms with Gasteiger partial charge in [-0.05, 0) is 6.07 Å². The molecule has 1 aromatic carbocycles. The number of aromatic nitrogens is 2. The lowest BCUT2D eigenvalue weighted by Gasteiger charge is -2.07. The highest BCUT2D eigenvalue weighted by atomic mass is 16.5. The van der Waals surface area contributed by atoms with E-state index in [1.807, 2.05) is 6.07 Å². The highest BCUT2D eigenvalue weighted by Gasteiger charge is 2.05. The zero-order valence-electron chi connectivity index (χ0n) is 7.94. The number of hydrogen-bond donors (Lipinski definition) is 0. The van der Waals surface area contributed by atoms with Crippen LogP contribution in [0.2, 0.25) is 0 Å². The van der Waals surface area contributed by atoms with Gasteiger partial charge in [-0.25, -0.2) is 0 Å². The lowest BCUT2D eigenvalue weighted by Crippen LogP contribution is -1.92. The van der Waals surface area contributed by atoms with Crippen LogP contribution in [0.5, 0.6) is 11.5 Å². The van der Waals surface area contributed by atoms with Crippen LogP contribution in [0.25, 0.3) is 10.9 Å². The van der Waals surface area contributed by atoms with E-state index in [-0.39, 0.29) is 0 Å². The average molecular weight is 189 g/mol. The van der Waals surface area contributed by atoms with Crippen molar-refractivity contribution in [3.63, 3.8) is 0 Å². The minimum atomic E-state index is 0.647. The molecule has 14 heavy (non-hydrogen) atoms. The van der Waals surface area contributed by atoms with Crippen LogP contribution in [0.4, 0.5) is 0 Å². The first-order chi connectivity index (χ1) is 6.85. The molecule has 0 saturated carbocycles. The molecular formula is C10H9N2O2. The predicted octanol–water partition coefficient (Wildman–Crippen LogP) is 1.45. The molecule has 0 saturated heterocycles.